The normalized spacial score (nSPS) is 11.3. The summed E-state index contributed by atoms with van der Waals surface area (Å²) in [5, 5.41) is 4.83. The van der Waals surface area contributed by atoms with E-state index in [1.165, 1.54) is 0 Å². The number of rotatable bonds is 2. The highest BCUT2D eigenvalue weighted by Crippen LogP contribution is 2.25. The van der Waals surface area contributed by atoms with Gasteiger partial charge in [0.1, 0.15) is 0 Å². The van der Waals surface area contributed by atoms with Crippen LogP contribution in [0, 0.1) is 6.92 Å². The summed E-state index contributed by atoms with van der Waals surface area (Å²) in [7, 11) is -3.70. The topological polar surface area (TPSA) is 72.2 Å². The third-order valence-corrected chi connectivity index (χ3v) is 3.00. The summed E-state index contributed by atoms with van der Waals surface area (Å²) in [6.45, 7) is 1.86. The number of anilines is 1. The van der Waals surface area contributed by atoms with E-state index in [9.17, 15) is 8.42 Å². The third kappa shape index (κ3) is 2.98. The minimum absolute atomic E-state index is 0.447. The average molecular weight is 265 g/mol. The average Bonchev–Trinajstić information content (AvgIpc) is 1.96. The van der Waals surface area contributed by atoms with Crippen LogP contribution in [-0.4, -0.2) is 8.42 Å². The summed E-state index contributed by atoms with van der Waals surface area (Å²) < 4.78 is 24.3. The van der Waals surface area contributed by atoms with Gasteiger partial charge in [0.25, 0.3) is 10.2 Å². The number of hydrogen-bond acceptors (Lipinski definition) is 2. The molecule has 0 atom stereocenters. The SMILES string of the molecule is Cc1cccc(NS(N)(=O)=O)c1Br. The Balaban J connectivity index is 3.10. The fourth-order valence-electron chi connectivity index (χ4n) is 0.880. The van der Waals surface area contributed by atoms with Crippen molar-refractivity contribution in [2.45, 2.75) is 6.92 Å². The van der Waals surface area contributed by atoms with Crippen LogP contribution in [0.25, 0.3) is 0 Å². The van der Waals surface area contributed by atoms with E-state index in [1.54, 1.807) is 12.1 Å². The van der Waals surface area contributed by atoms with Crippen LogP contribution in [0.1, 0.15) is 5.56 Å². The Morgan fingerprint density at radius 3 is 2.62 bits per heavy atom. The maximum atomic E-state index is 10.7. The van der Waals surface area contributed by atoms with Crippen LogP contribution in [0.3, 0.4) is 0 Å². The number of benzene rings is 1. The van der Waals surface area contributed by atoms with E-state index in [0.29, 0.717) is 10.2 Å². The van der Waals surface area contributed by atoms with Crippen molar-refractivity contribution in [3.8, 4) is 0 Å². The Hall–Kier alpha value is -0.590. The molecule has 72 valence electrons. The summed E-state index contributed by atoms with van der Waals surface area (Å²) >= 11 is 3.25. The minimum atomic E-state index is -3.70. The Bertz CT molecular complexity index is 417. The van der Waals surface area contributed by atoms with Gasteiger partial charge in [-0.3, -0.25) is 4.72 Å². The predicted octanol–water partition coefficient (Wildman–Crippen LogP) is 1.37. The molecule has 0 unspecified atom stereocenters. The van der Waals surface area contributed by atoms with E-state index in [0.717, 1.165) is 5.56 Å². The molecule has 0 amide bonds. The number of hydrogen-bond donors (Lipinski definition) is 2. The summed E-state index contributed by atoms with van der Waals surface area (Å²) in [6, 6.07) is 5.23. The number of halogens is 1. The smallest absolute Gasteiger partial charge is 0.270 e. The van der Waals surface area contributed by atoms with Crippen molar-refractivity contribution >= 4 is 31.8 Å². The first kappa shape index (κ1) is 10.5. The zero-order chi connectivity index (χ0) is 10.1. The highest BCUT2D eigenvalue weighted by Gasteiger charge is 2.06. The summed E-state index contributed by atoms with van der Waals surface area (Å²) in [5.41, 5.74) is 1.39. The van der Waals surface area contributed by atoms with Crippen molar-refractivity contribution in [1.29, 1.82) is 0 Å². The lowest BCUT2D eigenvalue weighted by molar-refractivity contribution is 0.603. The first-order chi connectivity index (χ1) is 5.90. The fraction of sp³-hybridized carbons (Fsp3) is 0.143. The van der Waals surface area contributed by atoms with Crippen LogP contribution in [-0.2, 0) is 10.2 Å². The molecule has 1 rings (SSSR count). The van der Waals surface area contributed by atoms with Crippen LogP contribution < -0.4 is 9.86 Å². The van der Waals surface area contributed by atoms with Crippen molar-refractivity contribution < 1.29 is 8.42 Å². The molecular weight excluding hydrogens is 256 g/mol. The highest BCUT2D eigenvalue weighted by atomic mass is 79.9. The van der Waals surface area contributed by atoms with Gasteiger partial charge < -0.3 is 0 Å². The fourth-order valence-corrected chi connectivity index (χ4v) is 1.85. The van der Waals surface area contributed by atoms with Crippen molar-refractivity contribution in [3.05, 3.63) is 28.2 Å². The number of nitrogens with one attached hydrogen (secondary N) is 1. The Morgan fingerprint density at radius 1 is 1.46 bits per heavy atom. The molecule has 6 heteroatoms. The van der Waals surface area contributed by atoms with E-state index < -0.39 is 10.2 Å². The molecule has 0 aliphatic rings. The van der Waals surface area contributed by atoms with Crippen molar-refractivity contribution in [2.75, 3.05) is 4.72 Å². The monoisotopic (exact) mass is 264 g/mol. The van der Waals surface area contributed by atoms with Gasteiger partial charge in [0.05, 0.1) is 5.69 Å². The molecule has 1 aromatic rings. The second kappa shape index (κ2) is 3.65. The number of aryl methyl sites for hydroxylation is 1. The molecule has 0 fully saturated rings. The Labute approximate surface area is 85.4 Å². The first-order valence-corrected chi connectivity index (χ1v) is 5.80. The molecular formula is C7H9BrN2O2S. The molecule has 0 spiro atoms. The number of nitrogens with two attached hydrogens (primary N) is 1. The zero-order valence-electron chi connectivity index (χ0n) is 6.91. The predicted molar refractivity (Wildman–Crippen MR) is 55.6 cm³/mol. The van der Waals surface area contributed by atoms with Crippen LogP contribution in [0.4, 0.5) is 5.69 Å². The molecule has 0 aromatic heterocycles. The molecule has 0 heterocycles. The quantitative estimate of drug-likeness (QED) is 0.847. The van der Waals surface area contributed by atoms with E-state index >= 15 is 0 Å². The van der Waals surface area contributed by atoms with Gasteiger partial charge in [-0.05, 0) is 34.5 Å². The Morgan fingerprint density at radius 2 is 2.08 bits per heavy atom. The van der Waals surface area contributed by atoms with E-state index in [-0.39, 0.29) is 0 Å². The van der Waals surface area contributed by atoms with Gasteiger partial charge in [-0.15, -0.1) is 0 Å². The van der Waals surface area contributed by atoms with Gasteiger partial charge in [-0.1, -0.05) is 12.1 Å². The summed E-state index contributed by atoms with van der Waals surface area (Å²) in [5.74, 6) is 0. The lowest BCUT2D eigenvalue weighted by atomic mass is 10.2. The van der Waals surface area contributed by atoms with Gasteiger partial charge >= 0.3 is 0 Å². The minimum Gasteiger partial charge on any atom is -0.270 e. The van der Waals surface area contributed by atoms with Crippen LogP contribution in [0.5, 0.6) is 0 Å². The van der Waals surface area contributed by atoms with Gasteiger partial charge in [-0.25, -0.2) is 5.14 Å². The molecule has 0 aliphatic carbocycles. The molecule has 0 saturated carbocycles. The highest BCUT2D eigenvalue weighted by molar-refractivity contribution is 9.10. The zero-order valence-corrected chi connectivity index (χ0v) is 9.31. The molecule has 13 heavy (non-hydrogen) atoms. The van der Waals surface area contributed by atoms with Crippen LogP contribution in [0.2, 0.25) is 0 Å². The molecule has 3 N–H and O–H groups in total. The lowest BCUT2D eigenvalue weighted by Gasteiger charge is -2.07. The molecule has 0 saturated heterocycles. The molecule has 0 aliphatic heterocycles. The van der Waals surface area contributed by atoms with Gasteiger partial charge in [0.15, 0.2) is 0 Å². The molecule has 0 bridgehead atoms. The second-order valence-corrected chi connectivity index (χ2v) is 4.67. The summed E-state index contributed by atoms with van der Waals surface area (Å²) in [6.07, 6.45) is 0. The standard InChI is InChI=1S/C7H9BrN2O2S/c1-5-3-2-4-6(7(5)8)10-13(9,11)12/h2-4,10H,1H3,(H2,9,11,12). The van der Waals surface area contributed by atoms with E-state index in [1.807, 2.05) is 13.0 Å². The third-order valence-electron chi connectivity index (χ3n) is 1.44. The van der Waals surface area contributed by atoms with Crippen molar-refractivity contribution in [2.24, 2.45) is 5.14 Å². The molecule has 4 nitrogen and oxygen atoms in total. The first-order valence-electron chi connectivity index (χ1n) is 3.46. The van der Waals surface area contributed by atoms with Crippen LogP contribution in [0.15, 0.2) is 22.7 Å². The van der Waals surface area contributed by atoms with Crippen LogP contribution >= 0.6 is 15.9 Å². The van der Waals surface area contributed by atoms with Crippen molar-refractivity contribution in [1.82, 2.24) is 0 Å². The van der Waals surface area contributed by atoms with Gasteiger partial charge in [-0.2, -0.15) is 8.42 Å². The maximum absolute atomic E-state index is 10.7. The molecule has 1 aromatic carbocycles. The lowest BCUT2D eigenvalue weighted by Crippen LogP contribution is -2.21. The summed E-state index contributed by atoms with van der Waals surface area (Å²) in [4.78, 5) is 0. The van der Waals surface area contributed by atoms with Gasteiger partial charge in [0.2, 0.25) is 0 Å². The maximum Gasteiger partial charge on any atom is 0.296 e. The second-order valence-electron chi connectivity index (χ2n) is 2.58. The van der Waals surface area contributed by atoms with Gasteiger partial charge in [0, 0.05) is 4.47 Å². The van der Waals surface area contributed by atoms with E-state index in [4.69, 9.17) is 5.14 Å². The van der Waals surface area contributed by atoms with E-state index in [2.05, 4.69) is 20.7 Å². The van der Waals surface area contributed by atoms with Crippen molar-refractivity contribution in [3.63, 3.8) is 0 Å². The molecule has 0 radical (unpaired) electrons. The largest absolute Gasteiger partial charge is 0.296 e. The Kier molecular flexibility index (Phi) is 2.94.